The van der Waals surface area contributed by atoms with Crippen LogP contribution in [0.3, 0.4) is 0 Å². The largest absolute Gasteiger partial charge is 0.416 e. The Morgan fingerprint density at radius 1 is 0.810 bits per heavy atom. The van der Waals surface area contributed by atoms with Crippen molar-refractivity contribution in [3.05, 3.63) is 113 Å². The minimum Gasteiger partial charge on any atom is -0.325 e. The molecule has 0 radical (unpaired) electrons. The summed E-state index contributed by atoms with van der Waals surface area (Å²) in [6.45, 7) is 1.17. The first-order valence-electron chi connectivity index (χ1n) is 12.1. The van der Waals surface area contributed by atoms with E-state index in [-0.39, 0.29) is 31.9 Å². The van der Waals surface area contributed by atoms with E-state index in [0.29, 0.717) is 6.07 Å². The first-order valence-corrected chi connectivity index (χ1v) is 15.4. The predicted molar refractivity (Wildman–Crippen MR) is 154 cm³/mol. The molecule has 220 valence electrons. The third kappa shape index (κ3) is 7.41. The molecule has 0 aliphatic carbocycles. The highest BCUT2D eigenvalue weighted by Gasteiger charge is 2.31. The number of halogens is 4. The van der Waals surface area contributed by atoms with Crippen molar-refractivity contribution in [3.8, 4) is 0 Å². The standard InChI is InChI=1S/C28H23ClF3N3O5S2/c1-19-8-12-26(13-9-19)42(39,40)35(24-7-3-5-21(29)17-24)18-27(36)33-22-10-14-25(15-11-22)41(37,38)34-23-6-2-4-20(16-23)28(30,31)32/h2-17,34H,18H2,1H3,(H,33,36). The molecule has 0 aliphatic rings. The fourth-order valence-corrected chi connectivity index (χ4v) is 6.45. The SMILES string of the molecule is Cc1ccc(S(=O)(=O)N(CC(=O)Nc2ccc(S(=O)(=O)Nc3cccc(C(F)(F)F)c3)cc2)c2cccc(Cl)c2)cc1. The zero-order chi connectivity index (χ0) is 30.7. The minimum atomic E-state index is -4.65. The molecule has 0 fully saturated rings. The first kappa shape index (κ1) is 30.9. The fraction of sp³-hybridized carbons (Fsp3) is 0.107. The molecule has 0 aromatic heterocycles. The summed E-state index contributed by atoms with van der Waals surface area (Å²) in [4.78, 5) is 12.7. The molecule has 0 aliphatic heterocycles. The van der Waals surface area contributed by atoms with Gasteiger partial charge in [0.1, 0.15) is 6.54 Å². The van der Waals surface area contributed by atoms with Gasteiger partial charge >= 0.3 is 6.18 Å². The Hall–Kier alpha value is -4.07. The van der Waals surface area contributed by atoms with Crippen LogP contribution < -0.4 is 14.3 Å². The van der Waals surface area contributed by atoms with Gasteiger partial charge in [-0.25, -0.2) is 16.8 Å². The van der Waals surface area contributed by atoms with Crippen LogP contribution in [-0.4, -0.2) is 29.3 Å². The zero-order valence-electron chi connectivity index (χ0n) is 21.8. The summed E-state index contributed by atoms with van der Waals surface area (Å²) in [6.07, 6.45) is -4.65. The van der Waals surface area contributed by atoms with Gasteiger partial charge in [-0.2, -0.15) is 13.2 Å². The summed E-state index contributed by atoms with van der Waals surface area (Å²) in [5, 5.41) is 2.78. The molecule has 0 bridgehead atoms. The number of nitrogens with zero attached hydrogens (tertiary/aromatic N) is 1. The molecule has 4 aromatic carbocycles. The van der Waals surface area contributed by atoms with Crippen LogP contribution in [0.4, 0.5) is 30.2 Å². The van der Waals surface area contributed by atoms with Crippen molar-refractivity contribution in [2.45, 2.75) is 22.9 Å². The Morgan fingerprint density at radius 2 is 1.43 bits per heavy atom. The predicted octanol–water partition coefficient (Wildman–Crippen LogP) is 6.30. The third-order valence-electron chi connectivity index (χ3n) is 5.88. The second-order valence-corrected chi connectivity index (χ2v) is 13.0. The highest BCUT2D eigenvalue weighted by atomic mass is 35.5. The Kier molecular flexibility index (Phi) is 8.85. The molecule has 42 heavy (non-hydrogen) atoms. The molecular formula is C28H23ClF3N3O5S2. The fourth-order valence-electron chi connectivity index (χ4n) is 3.81. The van der Waals surface area contributed by atoms with Gasteiger partial charge in [0.15, 0.2) is 0 Å². The van der Waals surface area contributed by atoms with Crippen molar-refractivity contribution in [2.75, 3.05) is 20.9 Å². The molecule has 8 nitrogen and oxygen atoms in total. The first-order chi connectivity index (χ1) is 19.6. The van der Waals surface area contributed by atoms with Crippen LogP contribution in [0.15, 0.2) is 107 Å². The van der Waals surface area contributed by atoms with Crippen molar-refractivity contribution in [2.24, 2.45) is 0 Å². The molecule has 0 spiro atoms. The quantitative estimate of drug-likeness (QED) is 0.224. The molecule has 14 heteroatoms. The maximum Gasteiger partial charge on any atom is 0.416 e. The maximum atomic E-state index is 13.5. The van der Waals surface area contributed by atoms with Gasteiger partial charge in [0.05, 0.1) is 21.0 Å². The Bertz CT molecular complexity index is 1820. The maximum absolute atomic E-state index is 13.5. The van der Waals surface area contributed by atoms with Crippen LogP contribution in [0.5, 0.6) is 0 Å². The average molecular weight is 638 g/mol. The summed E-state index contributed by atoms with van der Waals surface area (Å²) < 4.78 is 94.4. The molecule has 0 unspecified atom stereocenters. The Labute approximate surface area is 245 Å². The van der Waals surface area contributed by atoms with Crippen molar-refractivity contribution in [3.63, 3.8) is 0 Å². The number of rotatable bonds is 9. The highest BCUT2D eigenvalue weighted by Crippen LogP contribution is 2.31. The number of carbonyl (C=O) groups excluding carboxylic acids is 1. The van der Waals surface area contributed by atoms with Crippen LogP contribution in [0.25, 0.3) is 0 Å². The monoisotopic (exact) mass is 637 g/mol. The molecule has 0 atom stereocenters. The van der Waals surface area contributed by atoms with Gasteiger partial charge in [0.25, 0.3) is 20.0 Å². The smallest absolute Gasteiger partial charge is 0.325 e. The number of aryl methyl sites for hydroxylation is 1. The van der Waals surface area contributed by atoms with Gasteiger partial charge in [0.2, 0.25) is 5.91 Å². The van der Waals surface area contributed by atoms with E-state index in [1.54, 1.807) is 31.2 Å². The van der Waals surface area contributed by atoms with Crippen LogP contribution in [0.2, 0.25) is 5.02 Å². The third-order valence-corrected chi connectivity index (χ3v) is 9.30. The Morgan fingerprint density at radius 3 is 2.05 bits per heavy atom. The van der Waals surface area contributed by atoms with Crippen molar-refractivity contribution in [1.82, 2.24) is 0 Å². The van der Waals surface area contributed by atoms with Crippen LogP contribution in [0.1, 0.15) is 11.1 Å². The van der Waals surface area contributed by atoms with E-state index in [4.69, 9.17) is 11.6 Å². The van der Waals surface area contributed by atoms with Gasteiger partial charge in [-0.1, -0.05) is 41.4 Å². The molecule has 1 amide bonds. The number of sulfonamides is 2. The van der Waals surface area contributed by atoms with Crippen molar-refractivity contribution < 1.29 is 34.8 Å². The molecular weight excluding hydrogens is 615 g/mol. The normalized spacial score (nSPS) is 12.0. The van der Waals surface area contributed by atoms with E-state index in [9.17, 15) is 34.8 Å². The average Bonchev–Trinajstić information content (AvgIpc) is 2.91. The lowest BCUT2D eigenvalue weighted by atomic mass is 10.2. The number of hydrogen-bond acceptors (Lipinski definition) is 5. The summed E-state index contributed by atoms with van der Waals surface area (Å²) in [6, 6.07) is 20.6. The highest BCUT2D eigenvalue weighted by molar-refractivity contribution is 7.93. The van der Waals surface area contributed by atoms with Gasteiger partial charge in [-0.3, -0.25) is 13.8 Å². The molecule has 0 saturated heterocycles. The van der Waals surface area contributed by atoms with E-state index in [2.05, 4.69) is 10.0 Å². The number of alkyl halides is 3. The topological polar surface area (TPSA) is 113 Å². The summed E-state index contributed by atoms with van der Waals surface area (Å²) >= 11 is 6.08. The second kappa shape index (κ2) is 12.0. The second-order valence-electron chi connectivity index (χ2n) is 9.06. The van der Waals surface area contributed by atoms with Crippen LogP contribution >= 0.6 is 11.6 Å². The Balaban J connectivity index is 1.52. The molecule has 0 heterocycles. The van der Waals surface area contributed by atoms with Gasteiger partial charge in [-0.15, -0.1) is 0 Å². The number of benzene rings is 4. The number of nitrogens with one attached hydrogen (secondary N) is 2. The number of carbonyl (C=O) groups is 1. The van der Waals surface area contributed by atoms with E-state index < -0.39 is 44.2 Å². The van der Waals surface area contributed by atoms with Crippen molar-refractivity contribution in [1.29, 1.82) is 0 Å². The molecule has 4 aromatic rings. The van der Waals surface area contributed by atoms with Crippen molar-refractivity contribution >= 4 is 54.6 Å². The van der Waals surface area contributed by atoms with Gasteiger partial charge in [0, 0.05) is 16.4 Å². The van der Waals surface area contributed by atoms with Gasteiger partial charge < -0.3 is 5.32 Å². The van der Waals surface area contributed by atoms with Gasteiger partial charge in [-0.05, 0) is 79.7 Å². The lowest BCUT2D eigenvalue weighted by Crippen LogP contribution is -2.38. The molecule has 0 saturated carbocycles. The van der Waals surface area contributed by atoms with Crippen LogP contribution in [-0.2, 0) is 31.0 Å². The van der Waals surface area contributed by atoms with E-state index in [0.717, 1.165) is 34.1 Å². The van der Waals surface area contributed by atoms with E-state index in [1.807, 2.05) is 0 Å². The lowest BCUT2D eigenvalue weighted by Gasteiger charge is -2.24. The summed E-state index contributed by atoms with van der Waals surface area (Å²) in [7, 11) is -8.45. The van der Waals surface area contributed by atoms with Crippen LogP contribution in [0, 0.1) is 6.92 Å². The minimum absolute atomic E-state index is 0.0382. The number of amides is 1. The number of hydrogen-bond donors (Lipinski definition) is 2. The number of anilines is 3. The summed E-state index contributed by atoms with van der Waals surface area (Å²) in [5.41, 5.74) is -0.149. The zero-order valence-corrected chi connectivity index (χ0v) is 24.2. The molecule has 4 rings (SSSR count). The lowest BCUT2D eigenvalue weighted by molar-refractivity contribution is -0.137. The summed E-state index contributed by atoms with van der Waals surface area (Å²) in [5.74, 6) is -0.733. The van der Waals surface area contributed by atoms with E-state index >= 15 is 0 Å². The molecule has 2 N–H and O–H groups in total. The van der Waals surface area contributed by atoms with E-state index in [1.165, 1.54) is 42.5 Å².